The second kappa shape index (κ2) is 10.6. The minimum atomic E-state index is -0.726. The molecular weight excluding hydrogens is 585 g/mol. The number of hydrogen-bond donors (Lipinski definition) is 0. The first-order chi connectivity index (χ1) is 29.2. The van der Waals surface area contributed by atoms with Crippen LogP contribution in [0.5, 0.6) is 0 Å². The first-order valence-corrected chi connectivity index (χ1v) is 15.3. The number of rotatable bonds is 4. The van der Waals surface area contributed by atoms with Gasteiger partial charge < -0.3 is 8.83 Å². The Hall–Kier alpha value is -6.38. The van der Waals surface area contributed by atoms with Gasteiger partial charge in [0.05, 0.1) is 23.2 Å². The molecule has 2 heteroatoms. The topological polar surface area (TPSA) is 26.3 Å². The Morgan fingerprint density at radius 2 is 0.938 bits per heavy atom. The second-order valence-corrected chi connectivity index (χ2v) is 11.4. The normalized spacial score (nSPS) is 15.5. The van der Waals surface area contributed by atoms with E-state index in [9.17, 15) is 5.48 Å². The van der Waals surface area contributed by atoms with E-state index in [-0.39, 0.29) is 32.7 Å². The van der Waals surface area contributed by atoms with Gasteiger partial charge in [-0.05, 0) is 73.6 Å². The van der Waals surface area contributed by atoms with E-state index >= 15 is 0 Å². The van der Waals surface area contributed by atoms with Crippen LogP contribution in [0.4, 0.5) is 0 Å². The van der Waals surface area contributed by atoms with Gasteiger partial charge in [0.15, 0.2) is 0 Å². The average molecular weight is 626 g/mol. The lowest BCUT2D eigenvalue weighted by molar-refractivity contribution is 0.634. The molecule has 0 amide bonds. The van der Waals surface area contributed by atoms with Gasteiger partial charge in [0.25, 0.3) is 0 Å². The standard InChI is InChI=1S/C46H28O2/c1-4-14-29(15-5-1)41-33-20-10-12-22-35(33)42(36-23-13-11-21-34(36)41)32-24-26-39-38(28-32)44-40(47-39)27-25-37-43(30-16-6-2-7-17-30)45(48-46(37)44)31-18-8-3-9-19-31/h1-28H/i1D,4D,5D,10D,11D,12D,13D,14D,15D,20D,21D,22D,23D. The van der Waals surface area contributed by atoms with E-state index in [0.29, 0.717) is 38.8 Å². The summed E-state index contributed by atoms with van der Waals surface area (Å²) in [5.74, 6) is 0.632. The van der Waals surface area contributed by atoms with E-state index in [1.807, 2.05) is 72.8 Å². The summed E-state index contributed by atoms with van der Waals surface area (Å²) in [4.78, 5) is 0. The predicted octanol–water partition coefficient (Wildman–Crippen LogP) is 13.3. The summed E-state index contributed by atoms with van der Waals surface area (Å²) >= 11 is 0. The van der Waals surface area contributed by atoms with Gasteiger partial charge in [-0.3, -0.25) is 0 Å². The number of hydrogen-bond acceptors (Lipinski definition) is 2. The maximum atomic E-state index is 9.34. The van der Waals surface area contributed by atoms with Gasteiger partial charge in [0.1, 0.15) is 22.5 Å². The molecule has 0 atom stereocenters. The first kappa shape index (κ1) is 17.0. The summed E-state index contributed by atoms with van der Waals surface area (Å²) in [6, 6.07) is 19.8. The van der Waals surface area contributed by atoms with E-state index in [2.05, 4.69) is 0 Å². The summed E-state index contributed by atoms with van der Waals surface area (Å²) in [7, 11) is 0. The van der Waals surface area contributed by atoms with Crippen molar-refractivity contribution in [2.24, 2.45) is 0 Å². The lowest BCUT2D eigenvalue weighted by atomic mass is 9.86. The SMILES string of the molecule is [2H]c1c([2H])c([2H])c(-c2c3c([2H])c([2H])c([2H])c([2H])c3c(-c3ccc4oc5ccc6c(-c7ccccc7)c(-c7ccccc7)oc6c5c4c3)c3c([2H])c([2H])c([2H])c([2H])c23)c([2H])c1[2H]. The fourth-order valence-electron chi connectivity index (χ4n) is 6.79. The monoisotopic (exact) mass is 625 g/mol. The zero-order valence-electron chi connectivity index (χ0n) is 38.0. The molecule has 2 nitrogen and oxygen atoms in total. The highest BCUT2D eigenvalue weighted by Crippen LogP contribution is 2.48. The quantitative estimate of drug-likeness (QED) is 0.182. The number of benzene rings is 8. The second-order valence-electron chi connectivity index (χ2n) is 11.4. The highest BCUT2D eigenvalue weighted by Gasteiger charge is 2.23. The number of furan rings is 2. The van der Waals surface area contributed by atoms with E-state index in [0.717, 1.165) is 22.1 Å². The van der Waals surface area contributed by atoms with Crippen molar-refractivity contribution >= 4 is 54.5 Å². The molecular formula is C46H28O2. The maximum absolute atomic E-state index is 9.34. The van der Waals surface area contributed by atoms with Gasteiger partial charge in [0.2, 0.25) is 0 Å². The molecule has 8 aromatic carbocycles. The van der Waals surface area contributed by atoms with Gasteiger partial charge in [0, 0.05) is 21.9 Å². The summed E-state index contributed by atoms with van der Waals surface area (Å²) in [5, 5.41) is 1.06. The molecule has 2 aromatic heterocycles. The van der Waals surface area contributed by atoms with Gasteiger partial charge in [-0.25, -0.2) is 0 Å². The van der Waals surface area contributed by atoms with Crippen LogP contribution < -0.4 is 0 Å². The third-order valence-electron chi connectivity index (χ3n) is 8.80. The molecule has 0 bridgehead atoms. The van der Waals surface area contributed by atoms with Crippen LogP contribution in [0.2, 0.25) is 0 Å². The average Bonchev–Trinajstić information content (AvgIpc) is 3.86. The van der Waals surface area contributed by atoms with E-state index in [4.69, 9.17) is 21.2 Å². The molecule has 48 heavy (non-hydrogen) atoms. The van der Waals surface area contributed by atoms with Crippen LogP contribution in [-0.2, 0) is 0 Å². The Bertz CT molecular complexity index is 3450. The van der Waals surface area contributed by atoms with Crippen molar-refractivity contribution in [3.8, 4) is 44.7 Å². The van der Waals surface area contributed by atoms with Crippen molar-refractivity contribution in [1.29, 1.82) is 0 Å². The van der Waals surface area contributed by atoms with Gasteiger partial charge in [-0.1, -0.05) is 145 Å². The van der Waals surface area contributed by atoms with Crippen molar-refractivity contribution in [2.75, 3.05) is 0 Å². The lowest BCUT2D eigenvalue weighted by Gasteiger charge is -2.17. The van der Waals surface area contributed by atoms with Crippen LogP contribution in [-0.4, -0.2) is 0 Å². The minimum Gasteiger partial charge on any atom is -0.456 e. The molecule has 0 radical (unpaired) electrons. The fraction of sp³-hybridized carbons (Fsp3) is 0. The van der Waals surface area contributed by atoms with Crippen molar-refractivity contribution in [3.63, 3.8) is 0 Å². The molecule has 0 aliphatic rings. The Labute approximate surface area is 295 Å². The van der Waals surface area contributed by atoms with Crippen LogP contribution >= 0.6 is 0 Å². The zero-order valence-corrected chi connectivity index (χ0v) is 25.0. The van der Waals surface area contributed by atoms with Crippen LogP contribution in [0.3, 0.4) is 0 Å². The zero-order chi connectivity index (χ0) is 42.9. The predicted molar refractivity (Wildman–Crippen MR) is 200 cm³/mol. The molecule has 0 aliphatic carbocycles. The Morgan fingerprint density at radius 1 is 0.375 bits per heavy atom. The van der Waals surface area contributed by atoms with Crippen molar-refractivity contribution < 1.29 is 26.7 Å². The maximum Gasteiger partial charge on any atom is 0.147 e. The van der Waals surface area contributed by atoms with Crippen LogP contribution in [0.15, 0.2) is 178 Å². The minimum absolute atomic E-state index is 0.0259. The largest absolute Gasteiger partial charge is 0.456 e. The Kier molecular flexibility index (Phi) is 3.74. The summed E-state index contributed by atoms with van der Waals surface area (Å²) in [6.45, 7) is 0. The molecule has 0 N–H and O–H groups in total. The molecule has 224 valence electrons. The Morgan fingerprint density at radius 3 is 1.58 bits per heavy atom. The molecule has 0 spiro atoms. The summed E-state index contributed by atoms with van der Waals surface area (Å²) < 4.78 is 129. The van der Waals surface area contributed by atoms with Gasteiger partial charge >= 0.3 is 0 Å². The van der Waals surface area contributed by atoms with Crippen LogP contribution in [0.1, 0.15) is 17.8 Å². The van der Waals surface area contributed by atoms with Crippen molar-refractivity contribution in [3.05, 3.63) is 170 Å². The third-order valence-corrected chi connectivity index (χ3v) is 8.80. The van der Waals surface area contributed by atoms with Crippen molar-refractivity contribution in [2.45, 2.75) is 0 Å². The molecule has 0 fully saturated rings. The highest BCUT2D eigenvalue weighted by atomic mass is 16.3. The Balaban J connectivity index is 1.40. The first-order valence-electron chi connectivity index (χ1n) is 21.8. The molecule has 10 aromatic rings. The van der Waals surface area contributed by atoms with Crippen LogP contribution in [0, 0.1) is 0 Å². The molecule has 0 aliphatic heterocycles. The number of fused-ring (bicyclic) bond motifs is 7. The van der Waals surface area contributed by atoms with Crippen LogP contribution in [0.25, 0.3) is 99.2 Å². The molecule has 2 heterocycles. The van der Waals surface area contributed by atoms with E-state index in [1.165, 1.54) is 0 Å². The summed E-state index contributed by atoms with van der Waals surface area (Å²) in [6.07, 6.45) is 0. The van der Waals surface area contributed by atoms with Crippen molar-refractivity contribution in [1.82, 2.24) is 0 Å². The lowest BCUT2D eigenvalue weighted by Crippen LogP contribution is -1.90. The molecule has 0 unspecified atom stereocenters. The van der Waals surface area contributed by atoms with E-state index < -0.39 is 84.1 Å². The van der Waals surface area contributed by atoms with E-state index in [1.54, 1.807) is 18.2 Å². The summed E-state index contributed by atoms with van der Waals surface area (Å²) in [5.41, 5.74) is 3.60. The third kappa shape index (κ3) is 4.00. The highest BCUT2D eigenvalue weighted by molar-refractivity contribution is 6.24. The fourth-order valence-corrected chi connectivity index (χ4v) is 6.79. The van der Waals surface area contributed by atoms with Gasteiger partial charge in [-0.15, -0.1) is 0 Å². The molecule has 10 rings (SSSR count). The molecule has 0 saturated heterocycles. The molecule has 0 saturated carbocycles. The van der Waals surface area contributed by atoms with Gasteiger partial charge in [-0.2, -0.15) is 0 Å². The smallest absolute Gasteiger partial charge is 0.147 e.